The summed E-state index contributed by atoms with van der Waals surface area (Å²) in [6.07, 6.45) is 2.26. The summed E-state index contributed by atoms with van der Waals surface area (Å²) in [6.45, 7) is 0.904. The third-order valence-corrected chi connectivity index (χ3v) is 4.72. The van der Waals surface area contributed by atoms with Crippen LogP contribution in [-0.2, 0) is 16.0 Å². The van der Waals surface area contributed by atoms with Crippen LogP contribution in [0.15, 0.2) is 48.5 Å². The van der Waals surface area contributed by atoms with Gasteiger partial charge in [0.2, 0.25) is 5.78 Å². The van der Waals surface area contributed by atoms with Crippen molar-refractivity contribution in [3.63, 3.8) is 0 Å². The minimum Gasteiger partial charge on any atom is -0.380 e. The number of nitrogens with one attached hydrogen (secondary N) is 1. The molecule has 1 N–H and O–H groups in total. The van der Waals surface area contributed by atoms with Crippen LogP contribution in [0.4, 0.5) is 14.5 Å². The Morgan fingerprint density at radius 3 is 2.59 bits per heavy atom. The van der Waals surface area contributed by atoms with E-state index in [1.54, 1.807) is 4.90 Å². The number of aryl methyl sites for hydroxylation is 1. The largest absolute Gasteiger partial charge is 0.380 e. The molecule has 1 aliphatic rings. The van der Waals surface area contributed by atoms with Gasteiger partial charge in [0.25, 0.3) is 5.91 Å². The van der Waals surface area contributed by atoms with Gasteiger partial charge in [-0.3, -0.25) is 9.59 Å². The zero-order valence-corrected chi connectivity index (χ0v) is 15.0. The highest BCUT2D eigenvalue weighted by atomic mass is 19.2. The van der Waals surface area contributed by atoms with Crippen molar-refractivity contribution in [3.05, 3.63) is 65.7 Å². The maximum Gasteiger partial charge on any atom is 0.290 e. The molecule has 4 nitrogen and oxygen atoms in total. The van der Waals surface area contributed by atoms with Gasteiger partial charge >= 0.3 is 0 Å². The van der Waals surface area contributed by atoms with E-state index in [9.17, 15) is 18.4 Å². The summed E-state index contributed by atoms with van der Waals surface area (Å²) in [4.78, 5) is 26.3. The van der Waals surface area contributed by atoms with Crippen molar-refractivity contribution in [3.8, 4) is 0 Å². The van der Waals surface area contributed by atoms with Crippen molar-refractivity contribution in [1.29, 1.82) is 0 Å². The molecule has 27 heavy (non-hydrogen) atoms. The number of piperidine rings is 1. The minimum absolute atomic E-state index is 0.102. The van der Waals surface area contributed by atoms with E-state index in [0.29, 0.717) is 25.2 Å². The van der Waals surface area contributed by atoms with Crippen molar-refractivity contribution in [1.82, 2.24) is 4.90 Å². The van der Waals surface area contributed by atoms with Gasteiger partial charge in [-0.2, -0.15) is 0 Å². The van der Waals surface area contributed by atoms with Crippen LogP contribution in [0.3, 0.4) is 0 Å². The maximum atomic E-state index is 13.3. The number of rotatable bonds is 6. The van der Waals surface area contributed by atoms with Gasteiger partial charge < -0.3 is 10.2 Å². The zero-order chi connectivity index (χ0) is 19.2. The summed E-state index contributed by atoms with van der Waals surface area (Å²) in [7, 11) is 0. The second kappa shape index (κ2) is 8.75. The molecule has 1 atom stereocenters. The van der Waals surface area contributed by atoms with Crippen LogP contribution < -0.4 is 5.32 Å². The van der Waals surface area contributed by atoms with Crippen LogP contribution in [0.2, 0.25) is 0 Å². The first-order valence-electron chi connectivity index (χ1n) is 9.10. The SMILES string of the molecule is O=C(CCc1ccccc1)C(=O)N1CCCC(Nc2ccc(F)c(F)c2)C1. The van der Waals surface area contributed by atoms with Crippen LogP contribution in [0.1, 0.15) is 24.8 Å². The van der Waals surface area contributed by atoms with Gasteiger partial charge in [-0.25, -0.2) is 8.78 Å². The van der Waals surface area contributed by atoms with Gasteiger partial charge in [-0.05, 0) is 37.0 Å². The Bertz CT molecular complexity index is 811. The zero-order valence-electron chi connectivity index (χ0n) is 15.0. The molecule has 0 aliphatic carbocycles. The second-order valence-corrected chi connectivity index (χ2v) is 6.77. The Balaban J connectivity index is 1.54. The van der Waals surface area contributed by atoms with Crippen LogP contribution in [-0.4, -0.2) is 35.7 Å². The van der Waals surface area contributed by atoms with Crippen LogP contribution in [0.5, 0.6) is 0 Å². The number of Topliss-reactive ketones (excluding diaryl/α,β-unsaturated/α-hetero) is 1. The molecule has 1 fully saturated rings. The Kier molecular flexibility index (Phi) is 6.16. The third kappa shape index (κ3) is 5.12. The monoisotopic (exact) mass is 372 g/mol. The summed E-state index contributed by atoms with van der Waals surface area (Å²) < 4.78 is 26.4. The molecule has 0 saturated carbocycles. The van der Waals surface area contributed by atoms with Gasteiger partial charge in [0, 0.05) is 37.3 Å². The van der Waals surface area contributed by atoms with E-state index in [0.717, 1.165) is 30.5 Å². The first-order valence-corrected chi connectivity index (χ1v) is 9.10. The van der Waals surface area contributed by atoms with Crippen LogP contribution >= 0.6 is 0 Å². The Labute approximate surface area is 157 Å². The van der Waals surface area contributed by atoms with E-state index in [1.807, 2.05) is 30.3 Å². The van der Waals surface area contributed by atoms with Crippen molar-refractivity contribution >= 4 is 17.4 Å². The van der Waals surface area contributed by atoms with Gasteiger partial charge in [0.1, 0.15) is 0 Å². The lowest BCUT2D eigenvalue weighted by Gasteiger charge is -2.33. The van der Waals surface area contributed by atoms with E-state index < -0.39 is 23.3 Å². The third-order valence-electron chi connectivity index (χ3n) is 4.72. The molecular weight excluding hydrogens is 350 g/mol. The normalized spacial score (nSPS) is 16.8. The Hall–Kier alpha value is -2.76. The van der Waals surface area contributed by atoms with E-state index in [2.05, 4.69) is 5.32 Å². The molecule has 0 radical (unpaired) electrons. The molecule has 2 aromatic carbocycles. The number of anilines is 1. The summed E-state index contributed by atoms with van der Waals surface area (Å²) in [6, 6.07) is 13.1. The molecule has 1 heterocycles. The van der Waals surface area contributed by atoms with E-state index in [4.69, 9.17) is 0 Å². The number of ketones is 1. The molecule has 0 aromatic heterocycles. The van der Waals surface area contributed by atoms with E-state index >= 15 is 0 Å². The standard InChI is InChI=1S/C21H22F2N2O2/c22-18-10-9-16(13-19(18)23)24-17-7-4-12-25(14-17)21(27)20(26)11-8-15-5-2-1-3-6-15/h1-3,5-6,9-10,13,17,24H,4,7-8,11-12,14H2. The number of halogens is 2. The van der Waals surface area contributed by atoms with Crippen LogP contribution in [0, 0.1) is 11.6 Å². The second-order valence-electron chi connectivity index (χ2n) is 6.77. The molecule has 0 bridgehead atoms. The predicted molar refractivity (Wildman–Crippen MR) is 99.4 cm³/mol. The van der Waals surface area contributed by atoms with Crippen molar-refractivity contribution < 1.29 is 18.4 Å². The first kappa shape index (κ1) is 19.0. The number of likely N-dealkylation sites (tertiary alicyclic amines) is 1. The lowest BCUT2D eigenvalue weighted by atomic mass is 10.0. The molecule has 2 aromatic rings. The average Bonchev–Trinajstić information content (AvgIpc) is 2.69. The lowest BCUT2D eigenvalue weighted by molar-refractivity contribution is -0.145. The molecule has 3 rings (SSSR count). The highest BCUT2D eigenvalue weighted by molar-refractivity contribution is 6.36. The molecule has 0 spiro atoms. The van der Waals surface area contributed by atoms with Gasteiger partial charge in [0.15, 0.2) is 11.6 Å². The maximum absolute atomic E-state index is 13.3. The summed E-state index contributed by atoms with van der Waals surface area (Å²) in [5.74, 6) is -2.68. The summed E-state index contributed by atoms with van der Waals surface area (Å²) >= 11 is 0. The summed E-state index contributed by atoms with van der Waals surface area (Å²) in [5, 5.41) is 3.12. The molecule has 1 saturated heterocycles. The van der Waals surface area contributed by atoms with E-state index in [1.165, 1.54) is 6.07 Å². The summed E-state index contributed by atoms with van der Waals surface area (Å²) in [5.41, 5.74) is 1.48. The molecule has 6 heteroatoms. The van der Waals surface area contributed by atoms with E-state index in [-0.39, 0.29) is 12.5 Å². The quantitative estimate of drug-likeness (QED) is 0.789. The smallest absolute Gasteiger partial charge is 0.290 e. The van der Waals surface area contributed by atoms with Crippen molar-refractivity contribution in [2.24, 2.45) is 0 Å². The number of hydrogen-bond donors (Lipinski definition) is 1. The number of nitrogens with zero attached hydrogens (tertiary/aromatic N) is 1. The van der Waals surface area contributed by atoms with Gasteiger partial charge in [-0.1, -0.05) is 30.3 Å². The Morgan fingerprint density at radius 2 is 1.85 bits per heavy atom. The molecule has 1 amide bonds. The van der Waals surface area contributed by atoms with Crippen molar-refractivity contribution in [2.75, 3.05) is 18.4 Å². The number of hydrogen-bond acceptors (Lipinski definition) is 3. The molecule has 142 valence electrons. The molecule has 1 aliphatic heterocycles. The average molecular weight is 372 g/mol. The number of carbonyl (C=O) groups excluding carboxylic acids is 2. The fourth-order valence-corrected chi connectivity index (χ4v) is 3.29. The van der Waals surface area contributed by atoms with Gasteiger partial charge in [-0.15, -0.1) is 0 Å². The number of carbonyl (C=O) groups is 2. The molecular formula is C21H22F2N2O2. The predicted octanol–water partition coefficient (Wildman–Crippen LogP) is 3.57. The first-order chi connectivity index (χ1) is 13.0. The lowest BCUT2D eigenvalue weighted by Crippen LogP contribution is -2.47. The van der Waals surface area contributed by atoms with Crippen LogP contribution in [0.25, 0.3) is 0 Å². The van der Waals surface area contributed by atoms with Gasteiger partial charge in [0.05, 0.1) is 0 Å². The highest BCUT2D eigenvalue weighted by Crippen LogP contribution is 2.19. The fourth-order valence-electron chi connectivity index (χ4n) is 3.29. The number of amides is 1. The highest BCUT2D eigenvalue weighted by Gasteiger charge is 2.27. The Morgan fingerprint density at radius 1 is 1.07 bits per heavy atom. The molecule has 1 unspecified atom stereocenters. The fraction of sp³-hybridized carbons (Fsp3) is 0.333. The minimum atomic E-state index is -0.917. The number of benzene rings is 2. The topological polar surface area (TPSA) is 49.4 Å². The van der Waals surface area contributed by atoms with Crippen molar-refractivity contribution in [2.45, 2.75) is 31.7 Å².